The second-order valence-corrected chi connectivity index (χ2v) is 4.40. The van der Waals surface area contributed by atoms with Crippen molar-refractivity contribution >= 4 is 11.3 Å². The molecule has 0 saturated heterocycles. The maximum atomic E-state index is 2.55. The van der Waals surface area contributed by atoms with Gasteiger partial charge in [0.05, 0.1) is 0 Å². The van der Waals surface area contributed by atoms with Crippen LogP contribution in [0.5, 0.6) is 0 Å². The van der Waals surface area contributed by atoms with Crippen molar-refractivity contribution < 1.29 is 0 Å². The number of thiophene rings is 1. The van der Waals surface area contributed by atoms with Crippen LogP contribution in [-0.2, 0) is 13.0 Å². The van der Waals surface area contributed by atoms with E-state index in [0.717, 1.165) is 0 Å². The van der Waals surface area contributed by atoms with Crippen molar-refractivity contribution in [1.82, 2.24) is 4.90 Å². The van der Waals surface area contributed by atoms with Crippen LogP contribution in [0.3, 0.4) is 0 Å². The topological polar surface area (TPSA) is 3.24 Å². The minimum Gasteiger partial charge on any atom is -0.298 e. The van der Waals surface area contributed by atoms with Crippen molar-refractivity contribution in [3.8, 4) is 0 Å². The molecule has 1 aromatic heterocycles. The van der Waals surface area contributed by atoms with E-state index in [1.54, 1.807) is 10.4 Å². The number of nitrogens with zero attached hydrogens (tertiary/aromatic N) is 1. The molecule has 0 unspecified atom stereocenters. The molecule has 0 bridgehead atoms. The van der Waals surface area contributed by atoms with Crippen LogP contribution >= 0.6 is 11.3 Å². The fourth-order valence-electron chi connectivity index (χ4n) is 1.80. The van der Waals surface area contributed by atoms with Gasteiger partial charge in [0.2, 0.25) is 0 Å². The molecule has 0 radical (unpaired) electrons. The van der Waals surface area contributed by atoms with Crippen molar-refractivity contribution in [2.24, 2.45) is 0 Å². The molecule has 0 atom stereocenters. The largest absolute Gasteiger partial charge is 0.298 e. The zero-order valence-electron chi connectivity index (χ0n) is 7.55. The Balaban J connectivity index is 2.05. The third-order valence-corrected chi connectivity index (χ3v) is 3.39. The second-order valence-electron chi connectivity index (χ2n) is 3.40. The van der Waals surface area contributed by atoms with Gasteiger partial charge in [-0.1, -0.05) is 6.92 Å². The molecule has 0 aliphatic carbocycles. The second kappa shape index (κ2) is 3.58. The molecular weight excluding hydrogens is 166 g/mol. The van der Waals surface area contributed by atoms with Gasteiger partial charge in [-0.3, -0.25) is 4.90 Å². The van der Waals surface area contributed by atoms with Crippen molar-refractivity contribution in [3.63, 3.8) is 0 Å². The lowest BCUT2D eigenvalue weighted by molar-refractivity contribution is 0.258. The predicted molar refractivity (Wildman–Crippen MR) is 53.6 cm³/mol. The lowest BCUT2D eigenvalue weighted by Gasteiger charge is -2.25. The fourth-order valence-corrected chi connectivity index (χ4v) is 2.77. The molecule has 12 heavy (non-hydrogen) atoms. The average molecular weight is 181 g/mol. The summed E-state index contributed by atoms with van der Waals surface area (Å²) in [6.07, 6.45) is 2.54. The Bertz CT molecular complexity index is 254. The molecule has 0 saturated carbocycles. The molecule has 2 rings (SSSR count). The van der Waals surface area contributed by atoms with Crippen LogP contribution in [0.25, 0.3) is 0 Å². The normalized spacial score (nSPS) is 17.8. The Hall–Kier alpha value is -0.340. The molecule has 0 aromatic carbocycles. The summed E-state index contributed by atoms with van der Waals surface area (Å²) in [5, 5.41) is 2.22. The van der Waals surface area contributed by atoms with Gasteiger partial charge in [0, 0.05) is 18.0 Å². The predicted octanol–water partition coefficient (Wildman–Crippen LogP) is 2.52. The molecule has 2 heteroatoms. The van der Waals surface area contributed by atoms with Gasteiger partial charge >= 0.3 is 0 Å². The van der Waals surface area contributed by atoms with E-state index in [-0.39, 0.29) is 0 Å². The summed E-state index contributed by atoms with van der Waals surface area (Å²) >= 11 is 1.91. The Labute approximate surface area is 78.0 Å². The van der Waals surface area contributed by atoms with Crippen LogP contribution in [0.2, 0.25) is 0 Å². The van der Waals surface area contributed by atoms with Gasteiger partial charge in [-0.25, -0.2) is 0 Å². The average Bonchev–Trinajstić information content (AvgIpc) is 2.51. The van der Waals surface area contributed by atoms with Gasteiger partial charge in [-0.2, -0.15) is 0 Å². The standard InChI is InChI=1S/C10H15NS/c1-2-5-11-6-3-9-4-7-12-10(9)8-11/h4,7H,2-3,5-6,8H2,1H3. The van der Waals surface area contributed by atoms with Gasteiger partial charge < -0.3 is 0 Å². The van der Waals surface area contributed by atoms with Crippen LogP contribution in [0, 0.1) is 0 Å². The summed E-state index contributed by atoms with van der Waals surface area (Å²) in [6, 6.07) is 2.28. The highest BCUT2D eigenvalue weighted by molar-refractivity contribution is 7.10. The zero-order valence-corrected chi connectivity index (χ0v) is 8.36. The Morgan fingerprint density at radius 3 is 3.33 bits per heavy atom. The molecule has 1 aliphatic heterocycles. The maximum Gasteiger partial charge on any atom is 0.0330 e. The molecule has 1 nitrogen and oxygen atoms in total. The monoisotopic (exact) mass is 181 g/mol. The summed E-state index contributed by atoms with van der Waals surface area (Å²) in [4.78, 5) is 4.15. The van der Waals surface area contributed by atoms with Gasteiger partial charge in [0.1, 0.15) is 0 Å². The summed E-state index contributed by atoms with van der Waals surface area (Å²) in [5.41, 5.74) is 1.59. The molecule has 1 aromatic rings. The lowest BCUT2D eigenvalue weighted by atomic mass is 10.1. The minimum absolute atomic E-state index is 1.20. The van der Waals surface area contributed by atoms with Crippen LogP contribution in [0.4, 0.5) is 0 Å². The maximum absolute atomic E-state index is 2.55. The summed E-state index contributed by atoms with van der Waals surface area (Å²) in [7, 11) is 0. The van der Waals surface area contributed by atoms with Crippen LogP contribution in [0.15, 0.2) is 11.4 Å². The first-order valence-corrected chi connectivity index (χ1v) is 5.55. The van der Waals surface area contributed by atoms with Gasteiger partial charge in [0.25, 0.3) is 0 Å². The van der Waals surface area contributed by atoms with Crippen molar-refractivity contribution in [2.75, 3.05) is 13.1 Å². The molecule has 0 N–H and O–H groups in total. The SMILES string of the molecule is CCCN1CCc2ccsc2C1. The Kier molecular flexibility index (Phi) is 2.47. The van der Waals surface area contributed by atoms with Crippen molar-refractivity contribution in [3.05, 3.63) is 21.9 Å². The van der Waals surface area contributed by atoms with E-state index in [2.05, 4.69) is 23.3 Å². The van der Waals surface area contributed by atoms with Gasteiger partial charge in [-0.15, -0.1) is 11.3 Å². The molecule has 2 heterocycles. The fraction of sp³-hybridized carbons (Fsp3) is 0.600. The van der Waals surface area contributed by atoms with E-state index in [0.29, 0.717) is 0 Å². The van der Waals surface area contributed by atoms with Crippen LogP contribution in [-0.4, -0.2) is 18.0 Å². The molecule has 0 spiro atoms. The van der Waals surface area contributed by atoms with E-state index in [1.807, 2.05) is 11.3 Å². The minimum atomic E-state index is 1.20. The molecular formula is C10H15NS. The van der Waals surface area contributed by atoms with E-state index >= 15 is 0 Å². The number of rotatable bonds is 2. The first-order chi connectivity index (χ1) is 5.90. The summed E-state index contributed by atoms with van der Waals surface area (Å²) in [5.74, 6) is 0. The van der Waals surface area contributed by atoms with E-state index < -0.39 is 0 Å². The van der Waals surface area contributed by atoms with Gasteiger partial charge in [-0.05, 0) is 36.4 Å². The lowest BCUT2D eigenvalue weighted by Crippen LogP contribution is -2.30. The van der Waals surface area contributed by atoms with Crippen molar-refractivity contribution in [1.29, 1.82) is 0 Å². The van der Waals surface area contributed by atoms with Crippen LogP contribution in [0.1, 0.15) is 23.8 Å². The summed E-state index contributed by atoms with van der Waals surface area (Å²) in [6.45, 7) is 5.97. The highest BCUT2D eigenvalue weighted by atomic mass is 32.1. The van der Waals surface area contributed by atoms with Crippen molar-refractivity contribution in [2.45, 2.75) is 26.3 Å². The molecule has 1 aliphatic rings. The van der Waals surface area contributed by atoms with Crippen LogP contribution < -0.4 is 0 Å². The summed E-state index contributed by atoms with van der Waals surface area (Å²) < 4.78 is 0. The first-order valence-electron chi connectivity index (χ1n) is 4.67. The molecule has 66 valence electrons. The third-order valence-electron chi connectivity index (χ3n) is 2.44. The third kappa shape index (κ3) is 1.54. The quantitative estimate of drug-likeness (QED) is 0.677. The number of fused-ring (bicyclic) bond motifs is 1. The Morgan fingerprint density at radius 1 is 1.58 bits per heavy atom. The smallest absolute Gasteiger partial charge is 0.0330 e. The highest BCUT2D eigenvalue weighted by Gasteiger charge is 2.15. The van der Waals surface area contributed by atoms with E-state index in [4.69, 9.17) is 0 Å². The highest BCUT2D eigenvalue weighted by Crippen LogP contribution is 2.23. The van der Waals surface area contributed by atoms with E-state index in [9.17, 15) is 0 Å². The zero-order chi connectivity index (χ0) is 8.39. The molecule has 0 amide bonds. The number of hydrogen-bond donors (Lipinski definition) is 0. The number of hydrogen-bond acceptors (Lipinski definition) is 2. The van der Waals surface area contributed by atoms with Gasteiger partial charge in [0.15, 0.2) is 0 Å². The van der Waals surface area contributed by atoms with E-state index in [1.165, 1.54) is 32.5 Å². The Morgan fingerprint density at radius 2 is 2.50 bits per heavy atom. The first kappa shape index (κ1) is 8.27. The molecule has 0 fully saturated rings.